The third-order valence-electron chi connectivity index (χ3n) is 11.3. The standard InChI is InChI=1S/C40H49FN6O8S/c1-39(2,3)55-38(52)43-32-14-8-6-4-5-7-12-26-20-40(26,37(51)45-56(53,54)28-17-18-28)44-34(48)33-29-23-46(21-25(29)22-47(33)36(32)50)35(49)31-16-10-15-30(42-31)24-11-9-13-27(41)19-24/h7,9-13,15-16,19,25-26,28-29,32-33H,4-6,8,14,17-18,20-23H2,1-3H3,(H,43,52)(H,44,48)(H,45,51)/b12-7-/t25-,26+,29-,32+,33-,40+/m0/s1. The zero-order valence-corrected chi connectivity index (χ0v) is 32.6. The van der Waals surface area contributed by atoms with Gasteiger partial charge in [-0.15, -0.1) is 0 Å². The van der Waals surface area contributed by atoms with Gasteiger partial charge >= 0.3 is 6.09 Å². The van der Waals surface area contributed by atoms with Crippen molar-refractivity contribution >= 4 is 39.7 Å². The Balaban J connectivity index is 1.18. The maximum atomic E-state index is 14.7. The van der Waals surface area contributed by atoms with Crippen LogP contribution < -0.4 is 15.4 Å². The van der Waals surface area contributed by atoms with Crippen LogP contribution in [0.3, 0.4) is 0 Å². The molecule has 0 spiro atoms. The molecule has 3 aliphatic heterocycles. The molecule has 4 fully saturated rings. The average Bonchev–Trinajstić information content (AvgIpc) is 4.03. The number of nitrogens with zero attached hydrogens (tertiary/aromatic N) is 3. The van der Waals surface area contributed by atoms with Crippen molar-refractivity contribution < 1.29 is 41.5 Å². The lowest BCUT2D eigenvalue weighted by atomic mass is 9.93. The number of rotatable bonds is 6. The van der Waals surface area contributed by atoms with Crippen molar-refractivity contribution in [2.45, 2.75) is 101 Å². The molecule has 0 bridgehead atoms. The number of allylic oxidation sites excluding steroid dienone is 1. The summed E-state index contributed by atoms with van der Waals surface area (Å²) in [7, 11) is -3.93. The van der Waals surface area contributed by atoms with Crippen LogP contribution in [0, 0.1) is 23.6 Å². The highest BCUT2D eigenvalue weighted by molar-refractivity contribution is 7.91. The first-order chi connectivity index (χ1) is 26.5. The SMILES string of the molecule is CC(C)(C)OC(=O)N[C@@H]1CCCCC/C=C\[C@@H]2C[C@@]2(C(=O)NS(=O)(=O)C2CC2)NC(=O)[C@@H]2[C@H]3CN(C(=O)c4cccc(-c5cccc(F)c5)n4)C[C@H]3CN2C1=O. The first-order valence-corrected chi connectivity index (χ1v) is 21.0. The molecule has 5 amide bonds. The van der Waals surface area contributed by atoms with Crippen LogP contribution in [0.4, 0.5) is 9.18 Å². The molecule has 0 unspecified atom stereocenters. The second-order valence-corrected chi connectivity index (χ2v) is 18.7. The van der Waals surface area contributed by atoms with Crippen LogP contribution in [-0.2, 0) is 29.1 Å². The lowest BCUT2D eigenvalue weighted by molar-refractivity contribution is -0.142. The molecule has 5 aliphatic rings. The summed E-state index contributed by atoms with van der Waals surface area (Å²) in [5.74, 6) is -4.16. The van der Waals surface area contributed by atoms with E-state index in [1.165, 1.54) is 17.0 Å². The molecule has 0 radical (unpaired) electrons. The summed E-state index contributed by atoms with van der Waals surface area (Å²) in [6.07, 6.45) is 7.18. The quantitative estimate of drug-likeness (QED) is 0.368. The minimum absolute atomic E-state index is 0.0833. The van der Waals surface area contributed by atoms with E-state index in [2.05, 4.69) is 20.3 Å². The van der Waals surface area contributed by atoms with Crippen LogP contribution in [0.1, 0.15) is 82.6 Å². The Morgan fingerprint density at radius 2 is 1.77 bits per heavy atom. The van der Waals surface area contributed by atoms with Gasteiger partial charge in [0, 0.05) is 43.0 Å². The summed E-state index contributed by atoms with van der Waals surface area (Å²) in [4.78, 5) is 77.5. The number of carbonyl (C=O) groups is 5. The minimum Gasteiger partial charge on any atom is -0.444 e. The van der Waals surface area contributed by atoms with E-state index >= 15 is 0 Å². The Kier molecular flexibility index (Phi) is 10.7. The van der Waals surface area contributed by atoms with Gasteiger partial charge in [0.2, 0.25) is 21.8 Å². The number of carbonyl (C=O) groups excluding carboxylic acids is 5. The molecule has 2 aromatic rings. The maximum Gasteiger partial charge on any atom is 0.408 e. The number of likely N-dealkylation sites (tertiary alicyclic amines) is 1. The number of fused-ring (bicyclic) bond motifs is 4. The van der Waals surface area contributed by atoms with Gasteiger partial charge in [0.05, 0.1) is 10.9 Å². The van der Waals surface area contributed by atoms with E-state index in [0.717, 1.165) is 12.8 Å². The van der Waals surface area contributed by atoms with Crippen LogP contribution in [0.15, 0.2) is 54.6 Å². The Morgan fingerprint density at radius 1 is 1.00 bits per heavy atom. The molecule has 1 aromatic carbocycles. The van der Waals surface area contributed by atoms with Gasteiger partial charge in [0.15, 0.2) is 0 Å². The van der Waals surface area contributed by atoms with E-state index in [4.69, 9.17) is 4.74 Å². The number of nitrogens with one attached hydrogen (secondary N) is 3. The Labute approximate surface area is 326 Å². The first-order valence-electron chi connectivity index (χ1n) is 19.4. The molecule has 2 aliphatic carbocycles. The fourth-order valence-electron chi connectivity index (χ4n) is 8.21. The minimum atomic E-state index is -3.93. The molecule has 300 valence electrons. The topological polar surface area (TPSA) is 184 Å². The Hall–Kier alpha value is -4.86. The molecular formula is C40H49FN6O8S. The molecule has 16 heteroatoms. The zero-order valence-electron chi connectivity index (χ0n) is 31.8. The summed E-state index contributed by atoms with van der Waals surface area (Å²) in [6.45, 7) is 5.52. The highest BCUT2D eigenvalue weighted by Crippen LogP contribution is 2.47. The third-order valence-corrected chi connectivity index (χ3v) is 13.1. The van der Waals surface area contributed by atoms with E-state index in [1.54, 1.807) is 56.0 Å². The van der Waals surface area contributed by atoms with Gasteiger partial charge < -0.3 is 25.2 Å². The average molecular weight is 793 g/mol. The number of aromatic nitrogens is 1. The molecule has 2 saturated heterocycles. The largest absolute Gasteiger partial charge is 0.444 e. The number of alkyl carbamates (subject to hydrolysis) is 1. The van der Waals surface area contributed by atoms with Gasteiger partial charge in [-0.2, -0.15) is 0 Å². The summed E-state index contributed by atoms with van der Waals surface area (Å²) in [5, 5.41) is 4.98. The van der Waals surface area contributed by atoms with Crippen LogP contribution in [-0.4, -0.2) is 101 Å². The normalized spacial score (nSPS) is 28.8. The van der Waals surface area contributed by atoms with E-state index in [1.807, 2.05) is 12.2 Å². The highest BCUT2D eigenvalue weighted by atomic mass is 32.2. The van der Waals surface area contributed by atoms with Crippen molar-refractivity contribution in [3.63, 3.8) is 0 Å². The van der Waals surface area contributed by atoms with Gasteiger partial charge in [0.25, 0.3) is 11.8 Å². The predicted molar refractivity (Wildman–Crippen MR) is 202 cm³/mol. The van der Waals surface area contributed by atoms with Gasteiger partial charge in [-0.25, -0.2) is 22.6 Å². The maximum absolute atomic E-state index is 14.7. The third kappa shape index (κ3) is 8.44. The van der Waals surface area contributed by atoms with Gasteiger partial charge in [0.1, 0.15) is 34.7 Å². The summed E-state index contributed by atoms with van der Waals surface area (Å²) >= 11 is 0. The van der Waals surface area contributed by atoms with Gasteiger partial charge in [-0.1, -0.05) is 43.2 Å². The number of ether oxygens (including phenoxy) is 1. The molecule has 14 nitrogen and oxygen atoms in total. The number of halogens is 1. The number of sulfonamides is 1. The zero-order chi connectivity index (χ0) is 40.0. The van der Waals surface area contributed by atoms with Crippen LogP contribution in [0.5, 0.6) is 0 Å². The van der Waals surface area contributed by atoms with E-state index in [9.17, 15) is 36.8 Å². The van der Waals surface area contributed by atoms with Crippen LogP contribution in [0.2, 0.25) is 0 Å². The second kappa shape index (κ2) is 15.2. The van der Waals surface area contributed by atoms with Gasteiger partial charge in [-0.3, -0.25) is 23.9 Å². The molecule has 6 atom stereocenters. The molecule has 1 aromatic heterocycles. The number of hydrogen-bond donors (Lipinski definition) is 3. The molecule has 3 N–H and O–H groups in total. The molecular weight excluding hydrogens is 744 g/mol. The molecule has 2 saturated carbocycles. The van der Waals surface area contributed by atoms with Crippen molar-refractivity contribution in [2.24, 2.45) is 17.8 Å². The first kappa shape index (κ1) is 39.4. The van der Waals surface area contributed by atoms with Crippen LogP contribution in [0.25, 0.3) is 11.3 Å². The Morgan fingerprint density at radius 3 is 2.50 bits per heavy atom. The lowest BCUT2D eigenvalue weighted by Crippen LogP contribution is -2.60. The second-order valence-electron chi connectivity index (χ2n) is 16.7. The van der Waals surface area contributed by atoms with Crippen molar-refractivity contribution in [3.8, 4) is 11.3 Å². The number of pyridine rings is 1. The fraction of sp³-hybridized carbons (Fsp3) is 0.550. The van der Waals surface area contributed by atoms with Crippen molar-refractivity contribution in [2.75, 3.05) is 19.6 Å². The Bertz CT molecular complexity index is 2050. The van der Waals surface area contributed by atoms with Crippen molar-refractivity contribution in [3.05, 3.63) is 66.1 Å². The van der Waals surface area contributed by atoms with E-state index in [0.29, 0.717) is 43.4 Å². The fourth-order valence-corrected chi connectivity index (χ4v) is 9.57. The van der Waals surface area contributed by atoms with E-state index < -0.39 is 85.9 Å². The number of hydrogen-bond acceptors (Lipinski definition) is 9. The van der Waals surface area contributed by atoms with E-state index in [-0.39, 0.29) is 37.7 Å². The van der Waals surface area contributed by atoms with Gasteiger partial charge in [-0.05, 0) is 83.6 Å². The highest BCUT2D eigenvalue weighted by Gasteiger charge is 2.63. The number of benzene rings is 1. The number of amides is 5. The molecule has 56 heavy (non-hydrogen) atoms. The smallest absolute Gasteiger partial charge is 0.408 e. The molecule has 4 heterocycles. The summed E-state index contributed by atoms with van der Waals surface area (Å²) < 4.78 is 47.5. The van der Waals surface area contributed by atoms with Crippen LogP contribution >= 0.6 is 0 Å². The monoisotopic (exact) mass is 792 g/mol. The summed E-state index contributed by atoms with van der Waals surface area (Å²) in [5.41, 5.74) is -1.32. The van der Waals surface area contributed by atoms with Crippen molar-refractivity contribution in [1.29, 1.82) is 0 Å². The lowest BCUT2D eigenvalue weighted by Gasteiger charge is -2.33. The van der Waals surface area contributed by atoms with Crippen molar-refractivity contribution in [1.82, 2.24) is 30.1 Å². The summed E-state index contributed by atoms with van der Waals surface area (Å²) in [6, 6.07) is 8.64. The molecule has 7 rings (SSSR count). The predicted octanol–water partition coefficient (Wildman–Crippen LogP) is 3.68.